The Labute approximate surface area is 163 Å². The van der Waals surface area contributed by atoms with Crippen molar-refractivity contribution < 1.29 is 18.3 Å². The number of aryl methyl sites for hydroxylation is 2. The summed E-state index contributed by atoms with van der Waals surface area (Å²) in [5.74, 6) is 0. The van der Waals surface area contributed by atoms with Gasteiger partial charge in [0.1, 0.15) is 5.60 Å². The molecule has 1 atom stereocenters. The lowest BCUT2D eigenvalue weighted by molar-refractivity contribution is -0.141. The molecule has 0 saturated carbocycles. The Morgan fingerprint density at radius 3 is 2.50 bits per heavy atom. The van der Waals surface area contributed by atoms with E-state index in [1.165, 1.54) is 9.25 Å². The predicted molar refractivity (Wildman–Crippen MR) is 98.2 cm³/mol. The highest BCUT2D eigenvalue weighted by Gasteiger charge is 2.39. The lowest BCUT2D eigenvalue weighted by Crippen LogP contribution is -2.30. The van der Waals surface area contributed by atoms with Crippen molar-refractivity contribution in [1.82, 2.24) is 19.3 Å². The van der Waals surface area contributed by atoms with Crippen molar-refractivity contribution in [2.24, 2.45) is 7.05 Å². The Bertz CT molecular complexity index is 1110. The Balaban J connectivity index is 2.26. The quantitative estimate of drug-likeness (QED) is 0.709. The number of rotatable bonds is 4. The fraction of sp³-hybridized carbons (Fsp3) is 0.389. The zero-order chi connectivity index (χ0) is 20.9. The normalized spacial score (nSPS) is 14.4. The van der Waals surface area contributed by atoms with Gasteiger partial charge in [-0.15, -0.1) is 0 Å². The first kappa shape index (κ1) is 20.3. The minimum atomic E-state index is -4.70. The third-order valence-electron chi connectivity index (χ3n) is 4.80. The first-order chi connectivity index (χ1) is 13.0. The van der Waals surface area contributed by atoms with E-state index in [1.54, 1.807) is 26.2 Å². The van der Waals surface area contributed by atoms with Crippen molar-refractivity contribution in [3.05, 3.63) is 56.9 Å². The summed E-state index contributed by atoms with van der Waals surface area (Å²) in [5, 5.41) is 15.4. The Morgan fingerprint density at radius 2 is 1.96 bits per heavy atom. The van der Waals surface area contributed by atoms with Gasteiger partial charge < -0.3 is 9.67 Å². The summed E-state index contributed by atoms with van der Waals surface area (Å²) in [4.78, 5) is 15.9. The summed E-state index contributed by atoms with van der Waals surface area (Å²) >= 11 is 5.79. The number of fused-ring (bicyclic) bond motifs is 1. The van der Waals surface area contributed by atoms with Crippen LogP contribution in [0.1, 0.15) is 37.2 Å². The van der Waals surface area contributed by atoms with Crippen molar-refractivity contribution in [2.45, 2.75) is 38.6 Å². The molecular formula is C18H18ClF3N4O2. The highest BCUT2D eigenvalue weighted by molar-refractivity contribution is 6.31. The van der Waals surface area contributed by atoms with Crippen LogP contribution in [-0.2, 0) is 25.4 Å². The van der Waals surface area contributed by atoms with Crippen molar-refractivity contribution in [3.8, 4) is 0 Å². The van der Waals surface area contributed by atoms with Gasteiger partial charge in [-0.1, -0.05) is 18.5 Å². The predicted octanol–water partition coefficient (Wildman–Crippen LogP) is 3.47. The van der Waals surface area contributed by atoms with Gasteiger partial charge in [0.05, 0.1) is 10.7 Å². The average Bonchev–Trinajstić information content (AvgIpc) is 2.97. The van der Waals surface area contributed by atoms with E-state index < -0.39 is 22.5 Å². The van der Waals surface area contributed by atoms with Gasteiger partial charge in [-0.25, -0.2) is 4.98 Å². The lowest BCUT2D eigenvalue weighted by atomic mass is 9.87. The summed E-state index contributed by atoms with van der Waals surface area (Å²) in [5.41, 5.74) is -2.75. The Morgan fingerprint density at radius 1 is 1.29 bits per heavy atom. The van der Waals surface area contributed by atoms with Gasteiger partial charge in [0.25, 0.3) is 5.56 Å². The van der Waals surface area contributed by atoms with Crippen LogP contribution in [0.15, 0.2) is 29.3 Å². The van der Waals surface area contributed by atoms with Gasteiger partial charge in [0, 0.05) is 36.9 Å². The molecule has 28 heavy (non-hydrogen) atoms. The molecule has 0 radical (unpaired) electrons. The molecule has 0 fully saturated rings. The molecule has 0 aromatic carbocycles. The minimum absolute atomic E-state index is 0.0811. The fourth-order valence-electron chi connectivity index (χ4n) is 3.34. The van der Waals surface area contributed by atoms with E-state index in [0.29, 0.717) is 11.9 Å². The second-order valence-electron chi connectivity index (χ2n) is 6.41. The summed E-state index contributed by atoms with van der Waals surface area (Å²) in [7, 11) is 1.56. The van der Waals surface area contributed by atoms with Crippen LogP contribution in [0.2, 0.25) is 5.02 Å². The topological polar surface area (TPSA) is 72.9 Å². The average molecular weight is 415 g/mol. The first-order valence-electron chi connectivity index (χ1n) is 8.56. The van der Waals surface area contributed by atoms with E-state index in [1.807, 2.05) is 6.92 Å². The molecule has 0 aliphatic rings. The molecule has 10 heteroatoms. The van der Waals surface area contributed by atoms with Crippen molar-refractivity contribution in [1.29, 1.82) is 0 Å². The number of aromatic nitrogens is 4. The summed E-state index contributed by atoms with van der Waals surface area (Å²) in [6, 6.07) is 2.70. The van der Waals surface area contributed by atoms with E-state index in [0.717, 1.165) is 12.3 Å². The number of nitrogens with zero attached hydrogens (tertiary/aromatic N) is 4. The summed E-state index contributed by atoms with van der Waals surface area (Å²) in [6.45, 7) is 3.93. The Hall–Kier alpha value is -2.39. The van der Waals surface area contributed by atoms with Gasteiger partial charge >= 0.3 is 6.18 Å². The third-order valence-corrected chi connectivity index (χ3v) is 5.09. The second-order valence-corrected chi connectivity index (χ2v) is 6.81. The number of pyridine rings is 2. The van der Waals surface area contributed by atoms with Crippen LogP contribution in [0.5, 0.6) is 0 Å². The van der Waals surface area contributed by atoms with Crippen LogP contribution in [0.4, 0.5) is 13.2 Å². The molecule has 3 aromatic rings. The van der Waals surface area contributed by atoms with Crippen LogP contribution in [0.25, 0.3) is 10.9 Å². The maximum atomic E-state index is 13.0. The molecule has 0 aliphatic heterocycles. The van der Waals surface area contributed by atoms with Crippen LogP contribution >= 0.6 is 11.6 Å². The van der Waals surface area contributed by atoms with Crippen LogP contribution in [0.3, 0.4) is 0 Å². The maximum absolute atomic E-state index is 13.0. The molecule has 0 unspecified atom stereocenters. The molecular weight excluding hydrogens is 397 g/mol. The molecule has 0 spiro atoms. The summed E-state index contributed by atoms with van der Waals surface area (Å²) in [6.07, 6.45) is -2.07. The highest BCUT2D eigenvalue weighted by Crippen LogP contribution is 2.39. The smallest absolute Gasteiger partial charge is 0.379 e. The molecule has 150 valence electrons. The van der Waals surface area contributed by atoms with Crippen LogP contribution in [-0.4, -0.2) is 24.4 Å². The Kier molecular flexibility index (Phi) is 5.01. The third kappa shape index (κ3) is 3.08. The molecule has 0 saturated heterocycles. The molecule has 3 heterocycles. The second kappa shape index (κ2) is 6.89. The highest BCUT2D eigenvalue weighted by atomic mass is 35.5. The van der Waals surface area contributed by atoms with Gasteiger partial charge in [0.2, 0.25) is 0 Å². The van der Waals surface area contributed by atoms with Gasteiger partial charge in [-0.2, -0.15) is 18.3 Å². The standard InChI is InChI=1S/C18H18ClF3N4O2/c1-4-17(28,10-8-12(19)14(23-9-10)18(20,21)22)15-11-6-7-26(5-2)16(27)13(11)24-25(15)3/h6-9,28H,4-5H2,1-3H3/t17-/m1/s1. The molecule has 3 aromatic heterocycles. The first-order valence-corrected chi connectivity index (χ1v) is 8.94. The van der Waals surface area contributed by atoms with E-state index >= 15 is 0 Å². The molecule has 6 nitrogen and oxygen atoms in total. The molecule has 3 rings (SSSR count). The molecule has 0 aliphatic carbocycles. The maximum Gasteiger partial charge on any atom is 0.434 e. The monoisotopic (exact) mass is 414 g/mol. The zero-order valence-electron chi connectivity index (χ0n) is 15.4. The van der Waals surface area contributed by atoms with Crippen LogP contribution in [0, 0.1) is 0 Å². The summed E-state index contributed by atoms with van der Waals surface area (Å²) < 4.78 is 41.7. The molecule has 1 N–H and O–H groups in total. The van der Waals surface area contributed by atoms with E-state index in [2.05, 4.69) is 10.1 Å². The van der Waals surface area contributed by atoms with E-state index in [9.17, 15) is 23.1 Å². The van der Waals surface area contributed by atoms with Gasteiger partial charge in [-0.3, -0.25) is 9.48 Å². The number of hydrogen-bond donors (Lipinski definition) is 1. The number of halogens is 4. The zero-order valence-corrected chi connectivity index (χ0v) is 16.1. The molecule has 0 amide bonds. The lowest BCUT2D eigenvalue weighted by Gasteiger charge is -2.28. The minimum Gasteiger partial charge on any atom is -0.379 e. The fourth-order valence-corrected chi connectivity index (χ4v) is 3.62. The van der Waals surface area contributed by atoms with Crippen molar-refractivity contribution >= 4 is 22.5 Å². The van der Waals surface area contributed by atoms with E-state index in [-0.39, 0.29) is 28.8 Å². The number of aliphatic hydroxyl groups is 1. The largest absolute Gasteiger partial charge is 0.434 e. The van der Waals surface area contributed by atoms with E-state index in [4.69, 9.17) is 11.6 Å². The van der Waals surface area contributed by atoms with Crippen LogP contribution < -0.4 is 5.56 Å². The number of hydrogen-bond acceptors (Lipinski definition) is 4. The molecule has 0 bridgehead atoms. The van der Waals surface area contributed by atoms with Gasteiger partial charge in [-0.05, 0) is 25.5 Å². The SMILES string of the molecule is CCn1ccc2c([C@@](O)(CC)c3cnc(C(F)(F)F)c(Cl)c3)n(C)nc2c1=O. The van der Waals surface area contributed by atoms with Crippen molar-refractivity contribution in [3.63, 3.8) is 0 Å². The number of alkyl halides is 3. The van der Waals surface area contributed by atoms with Gasteiger partial charge in [0.15, 0.2) is 11.2 Å². The van der Waals surface area contributed by atoms with Crippen molar-refractivity contribution in [2.75, 3.05) is 0 Å².